The van der Waals surface area contributed by atoms with Crippen LogP contribution in [0.4, 0.5) is 0 Å². The summed E-state index contributed by atoms with van der Waals surface area (Å²) in [6.45, 7) is 34.2. The number of esters is 12. The Morgan fingerprint density at radius 3 is 1.01 bits per heavy atom. The molecule has 3 saturated heterocycles. The van der Waals surface area contributed by atoms with Crippen molar-refractivity contribution in [2.75, 3.05) is 6.61 Å². The van der Waals surface area contributed by atoms with E-state index in [-0.39, 0.29) is 82.9 Å². The van der Waals surface area contributed by atoms with Crippen LogP contribution in [0.3, 0.4) is 0 Å². The number of carbonyl (C=O) groups excluding carboxylic acids is 12. The van der Waals surface area contributed by atoms with Gasteiger partial charge in [0.1, 0.15) is 65.1 Å². The number of fused-ring (bicyclic) bond motifs is 3. The van der Waals surface area contributed by atoms with Crippen molar-refractivity contribution in [3.8, 4) is 0 Å². The average molecular weight is 1700 g/mol. The minimum Gasteiger partial charge on any atom is -0.462 e. The standard InChI is InChI=1S/C24H34O8.2C22H32O6.C16H26O3.C12H22O2/c1-5-22(3,4)19(26)29-13-16(25)30-17-14-11-15-18(17)31-20(27)24(15,12-14)21(28)32-23(6-2)9-7-8-10-23;2*1-5-20(3,4)17(23)26-15-13-11-14-16(15)27-18(24)22(14,12-13)19(25)28-21(6-2)9-7-8-10-21;1-4-14(2,3)13(17)19-16-8-11-5-12(9-16)7-15(18,6-11)10-16;1-4-12(2,3)11(13)14-10-8-6-5-7-9-10/h14-15,17-18H,5-13H2,1-4H3;2*13-16H,5-12H2,1-4H3;11-12,18H,4-10H2,1-3H3;10H,4-9H2,1-3H3. The molecule has 17 unspecified atom stereocenters. The van der Waals surface area contributed by atoms with Gasteiger partial charge < -0.3 is 61.9 Å². The minimum absolute atomic E-state index is 0.0214. The second kappa shape index (κ2) is 35.1. The Morgan fingerprint density at radius 1 is 0.372 bits per heavy atom. The van der Waals surface area contributed by atoms with Crippen molar-refractivity contribution < 1.29 is 119 Å². The Morgan fingerprint density at radius 2 is 0.686 bits per heavy atom. The topological polar surface area (TPSA) is 336 Å². The molecule has 17 atom stereocenters. The summed E-state index contributed by atoms with van der Waals surface area (Å²) in [7, 11) is 0. The molecule has 17 aliphatic rings. The van der Waals surface area contributed by atoms with Crippen molar-refractivity contribution in [2.24, 2.45) is 90.7 Å². The van der Waals surface area contributed by atoms with Crippen LogP contribution in [0, 0.1) is 90.7 Å². The van der Waals surface area contributed by atoms with Crippen molar-refractivity contribution in [3.05, 3.63) is 0 Å². The first-order valence-electron chi connectivity index (χ1n) is 47.1. The maximum absolute atomic E-state index is 13.3. The molecule has 14 aliphatic carbocycles. The van der Waals surface area contributed by atoms with Gasteiger partial charge in [0.05, 0.1) is 32.7 Å². The van der Waals surface area contributed by atoms with E-state index in [1.54, 1.807) is 13.8 Å². The van der Waals surface area contributed by atoms with E-state index >= 15 is 0 Å². The largest absolute Gasteiger partial charge is 0.462 e. The lowest BCUT2D eigenvalue weighted by Crippen LogP contribution is -2.61. The minimum atomic E-state index is -1.28. The number of aliphatic hydroxyl groups is 1. The van der Waals surface area contributed by atoms with E-state index in [2.05, 4.69) is 0 Å². The van der Waals surface area contributed by atoms with Gasteiger partial charge in [0, 0.05) is 41.9 Å². The van der Waals surface area contributed by atoms with Crippen LogP contribution in [0.25, 0.3) is 0 Å². The Bertz CT molecular complexity index is 3740. The van der Waals surface area contributed by atoms with Gasteiger partial charge in [-0.05, 0) is 306 Å². The molecular formula is C96H146O25. The monoisotopic (exact) mass is 1700 g/mol. The summed E-state index contributed by atoms with van der Waals surface area (Å²) in [5.74, 6) is -4.47. The third kappa shape index (κ3) is 17.7. The highest BCUT2D eigenvalue weighted by atomic mass is 16.6. The summed E-state index contributed by atoms with van der Waals surface area (Å²) < 4.78 is 68.7. The molecule has 25 nitrogen and oxygen atoms in total. The number of hydrogen-bond donors (Lipinski definition) is 1. The van der Waals surface area contributed by atoms with Gasteiger partial charge in [-0.25, -0.2) is 4.79 Å². The highest BCUT2D eigenvalue weighted by Gasteiger charge is 2.79. The maximum Gasteiger partial charge on any atom is 0.344 e. The summed E-state index contributed by atoms with van der Waals surface area (Å²) in [5, 5.41) is 10.6. The van der Waals surface area contributed by atoms with Crippen LogP contribution in [0.5, 0.6) is 0 Å². The molecule has 17 fully saturated rings. The van der Waals surface area contributed by atoms with Gasteiger partial charge in [0.15, 0.2) is 22.9 Å². The second-order valence-corrected chi connectivity index (χ2v) is 43.2. The average Bonchev–Trinajstić information content (AvgIpc) is 1.54. The van der Waals surface area contributed by atoms with E-state index in [4.69, 9.17) is 56.8 Å². The second-order valence-electron chi connectivity index (χ2n) is 43.2. The predicted molar refractivity (Wildman–Crippen MR) is 441 cm³/mol. The van der Waals surface area contributed by atoms with Crippen molar-refractivity contribution >= 4 is 71.6 Å². The number of hydrogen-bond acceptors (Lipinski definition) is 25. The fourth-order valence-corrected chi connectivity index (χ4v) is 23.7. The molecule has 1 N–H and O–H groups in total. The van der Waals surface area contributed by atoms with Crippen LogP contribution in [0.2, 0.25) is 0 Å². The highest BCUT2D eigenvalue weighted by Crippen LogP contribution is 2.67. The number of ether oxygens (including phenoxy) is 12. The summed E-state index contributed by atoms with van der Waals surface area (Å²) >= 11 is 0. The summed E-state index contributed by atoms with van der Waals surface area (Å²) in [6, 6.07) is 0. The molecular weight excluding hydrogens is 1550 g/mol. The SMILES string of the molecule is CCC(C)(C)C(=O)OC12CC3CC(CC(O)(C3)C1)C2.CCC(C)(C)C(=O)OC1CCCCC1.CCC1(OC(=O)C23CC4CC2C(OC3=O)C4OC(=O)C(C)(C)CC)CCCC1.CCC1(OC(=O)C23CC4CC2C(OC3=O)C4OC(=O)C(C)(C)CC)CCCC1.CCC1(OC(=O)C23CC4CC2C(OC3=O)C4OC(=O)COC(=O)C(C)(C)CC)CCCC1. The van der Waals surface area contributed by atoms with Crippen molar-refractivity contribution in [2.45, 2.75) is 433 Å². The number of carbonyl (C=O) groups is 12. The Kier molecular flexibility index (Phi) is 27.2. The molecule has 0 aromatic carbocycles. The van der Waals surface area contributed by atoms with Gasteiger partial charge in [-0.2, -0.15) is 0 Å². The molecule has 0 spiro atoms. The Labute approximate surface area is 717 Å². The molecule has 0 aromatic rings. The molecule has 3 aliphatic heterocycles. The van der Waals surface area contributed by atoms with E-state index in [9.17, 15) is 62.6 Å². The van der Waals surface area contributed by atoms with Gasteiger partial charge in [-0.3, -0.25) is 52.7 Å². The van der Waals surface area contributed by atoms with Crippen LogP contribution in [-0.4, -0.2) is 154 Å². The molecule has 10 bridgehead atoms. The van der Waals surface area contributed by atoms with Gasteiger partial charge >= 0.3 is 71.6 Å². The number of rotatable bonds is 26. The zero-order valence-electron chi connectivity index (χ0n) is 76.3. The molecule has 17 rings (SSSR count). The van der Waals surface area contributed by atoms with E-state index in [0.717, 1.165) is 148 Å². The van der Waals surface area contributed by atoms with E-state index in [1.165, 1.54) is 25.7 Å². The van der Waals surface area contributed by atoms with E-state index < -0.39 is 151 Å². The lowest BCUT2D eigenvalue weighted by atomic mass is 9.52. The third-order valence-corrected chi connectivity index (χ3v) is 33.6. The molecule has 121 heavy (non-hydrogen) atoms. The fraction of sp³-hybridized carbons (Fsp3) is 0.875. The molecule has 25 heteroatoms. The summed E-state index contributed by atoms with van der Waals surface area (Å²) in [6.07, 6.45) is 28.7. The predicted octanol–water partition coefficient (Wildman–Crippen LogP) is 16.5. The molecule has 0 radical (unpaired) electrons. The van der Waals surface area contributed by atoms with E-state index in [1.807, 2.05) is 111 Å². The fourth-order valence-electron chi connectivity index (χ4n) is 23.7. The van der Waals surface area contributed by atoms with Crippen molar-refractivity contribution in [1.29, 1.82) is 0 Å². The Hall–Kier alpha value is -6.40. The smallest absolute Gasteiger partial charge is 0.344 e. The first-order chi connectivity index (χ1) is 56.8. The van der Waals surface area contributed by atoms with Crippen LogP contribution >= 0.6 is 0 Å². The summed E-state index contributed by atoms with van der Waals surface area (Å²) in [4.78, 5) is 152. The van der Waals surface area contributed by atoms with Crippen LogP contribution in [-0.2, 0) is 114 Å². The lowest BCUT2D eigenvalue weighted by Gasteiger charge is -2.59. The third-order valence-electron chi connectivity index (χ3n) is 33.6. The van der Waals surface area contributed by atoms with Gasteiger partial charge in [0.25, 0.3) is 0 Å². The molecule has 14 saturated carbocycles. The van der Waals surface area contributed by atoms with Crippen molar-refractivity contribution in [3.63, 3.8) is 0 Å². The van der Waals surface area contributed by atoms with Crippen molar-refractivity contribution in [1.82, 2.24) is 0 Å². The summed E-state index contributed by atoms with van der Waals surface area (Å²) in [5.41, 5.74) is -8.45. The zero-order chi connectivity index (χ0) is 88.4. The van der Waals surface area contributed by atoms with E-state index in [0.29, 0.717) is 69.6 Å². The molecule has 0 amide bonds. The van der Waals surface area contributed by atoms with Gasteiger partial charge in [-0.15, -0.1) is 0 Å². The quantitative estimate of drug-likeness (QED) is 0.0477. The van der Waals surface area contributed by atoms with Gasteiger partial charge in [0.2, 0.25) is 0 Å². The van der Waals surface area contributed by atoms with Crippen LogP contribution < -0.4 is 0 Å². The molecule has 0 aromatic heterocycles. The van der Waals surface area contributed by atoms with Crippen LogP contribution in [0.1, 0.15) is 362 Å². The highest BCUT2D eigenvalue weighted by molar-refractivity contribution is 6.05. The first-order valence-corrected chi connectivity index (χ1v) is 47.1. The zero-order valence-corrected chi connectivity index (χ0v) is 76.3. The maximum atomic E-state index is 13.3. The van der Waals surface area contributed by atoms with Crippen LogP contribution in [0.15, 0.2) is 0 Å². The van der Waals surface area contributed by atoms with Gasteiger partial charge in [-0.1, -0.05) is 61.8 Å². The normalized spacial score (nSPS) is 35.8. The first kappa shape index (κ1) is 93.7. The molecule has 3 heterocycles. The molecule has 680 valence electrons. The Balaban J connectivity index is 0.000000142. The lowest BCUT2D eigenvalue weighted by molar-refractivity contribution is -0.225.